The molecule has 0 aliphatic heterocycles. The molecule has 0 saturated heterocycles. The molecule has 0 spiro atoms. The molecule has 2 saturated carbocycles. The standard InChI is InChI=1S/C17H25O4P.Na/c1-11(13-7-8-13)15-5-4-6-16(12(2)14-9-10-14)17(15)21-22(18,19)20-3;/h4-6,11-14H,7-10H2,1-3H3,(H,18,19);/q;+1/p-1/t11-,12+;. The van der Waals surface area contributed by atoms with E-state index in [2.05, 4.69) is 18.4 Å². The molecule has 0 radical (unpaired) electrons. The molecule has 0 N–H and O–H groups in total. The van der Waals surface area contributed by atoms with Gasteiger partial charge in [0, 0.05) is 7.11 Å². The van der Waals surface area contributed by atoms with Gasteiger partial charge in [0.2, 0.25) is 0 Å². The molecule has 23 heavy (non-hydrogen) atoms. The number of hydrogen-bond donors (Lipinski definition) is 0. The van der Waals surface area contributed by atoms with Crippen molar-refractivity contribution < 1.29 is 48.1 Å². The van der Waals surface area contributed by atoms with E-state index in [1.807, 2.05) is 18.2 Å². The first-order chi connectivity index (χ1) is 10.4. The van der Waals surface area contributed by atoms with Gasteiger partial charge in [0.1, 0.15) is 5.75 Å². The van der Waals surface area contributed by atoms with Gasteiger partial charge in [-0.1, -0.05) is 32.0 Å². The maximum absolute atomic E-state index is 11.9. The minimum atomic E-state index is -4.30. The Labute approximate surface area is 160 Å². The molecule has 2 aliphatic rings. The average Bonchev–Trinajstić information content (AvgIpc) is 3.38. The molecule has 4 nitrogen and oxygen atoms in total. The quantitative estimate of drug-likeness (QED) is 0.550. The first kappa shape index (κ1) is 19.5. The second-order valence-electron chi connectivity index (χ2n) is 6.74. The smallest absolute Gasteiger partial charge is 0.746 e. The van der Waals surface area contributed by atoms with E-state index in [9.17, 15) is 9.46 Å². The van der Waals surface area contributed by atoms with Crippen molar-refractivity contribution in [2.24, 2.45) is 11.8 Å². The fourth-order valence-electron chi connectivity index (χ4n) is 3.25. The van der Waals surface area contributed by atoms with E-state index in [4.69, 9.17) is 4.52 Å². The van der Waals surface area contributed by atoms with Crippen LogP contribution in [0.15, 0.2) is 18.2 Å². The molecular weight excluding hydrogens is 322 g/mol. The van der Waals surface area contributed by atoms with Gasteiger partial charge in [-0.25, -0.2) is 0 Å². The zero-order chi connectivity index (χ0) is 15.9. The van der Waals surface area contributed by atoms with E-state index in [-0.39, 0.29) is 29.6 Å². The van der Waals surface area contributed by atoms with Crippen LogP contribution in [0.2, 0.25) is 0 Å². The molecule has 2 fully saturated rings. The molecule has 0 bridgehead atoms. The Hall–Kier alpha value is 0.170. The van der Waals surface area contributed by atoms with Gasteiger partial charge in [-0.05, 0) is 60.5 Å². The first-order valence-corrected chi connectivity index (χ1v) is 9.58. The van der Waals surface area contributed by atoms with Crippen LogP contribution in [0.4, 0.5) is 0 Å². The van der Waals surface area contributed by atoms with E-state index in [1.54, 1.807) is 0 Å². The summed E-state index contributed by atoms with van der Waals surface area (Å²) < 4.78 is 21.8. The minimum absolute atomic E-state index is 0. The van der Waals surface area contributed by atoms with Crippen LogP contribution in [0.5, 0.6) is 5.75 Å². The maximum atomic E-state index is 11.9. The summed E-state index contributed by atoms with van der Waals surface area (Å²) in [6.45, 7) is 4.32. The van der Waals surface area contributed by atoms with Crippen LogP contribution in [0, 0.1) is 11.8 Å². The van der Waals surface area contributed by atoms with Gasteiger partial charge >= 0.3 is 37.4 Å². The van der Waals surface area contributed by atoms with Crippen LogP contribution >= 0.6 is 7.82 Å². The summed E-state index contributed by atoms with van der Waals surface area (Å²) in [5, 5.41) is 0. The predicted octanol–water partition coefficient (Wildman–Crippen LogP) is 1.21. The number of hydrogen-bond acceptors (Lipinski definition) is 4. The molecular formula is C17H24NaO4P. The predicted molar refractivity (Wildman–Crippen MR) is 84.0 cm³/mol. The SMILES string of the molecule is COP(=O)([O-])Oc1c([C@@H](C)C2CC2)cccc1[C@H](C)C1CC1.[Na+]. The van der Waals surface area contributed by atoms with Crippen molar-refractivity contribution in [3.8, 4) is 5.75 Å². The van der Waals surface area contributed by atoms with Crippen LogP contribution < -0.4 is 39.0 Å². The van der Waals surface area contributed by atoms with Crippen molar-refractivity contribution in [3.63, 3.8) is 0 Å². The normalized spacial score (nSPS) is 22.6. The zero-order valence-corrected chi connectivity index (χ0v) is 17.3. The second kappa shape index (κ2) is 7.59. The summed E-state index contributed by atoms with van der Waals surface area (Å²) in [5.41, 5.74) is 2.00. The minimum Gasteiger partial charge on any atom is -0.746 e. The zero-order valence-electron chi connectivity index (χ0n) is 14.5. The molecule has 3 rings (SSSR count). The third kappa shape index (κ3) is 4.62. The third-order valence-electron chi connectivity index (χ3n) is 5.14. The second-order valence-corrected chi connectivity index (χ2v) is 8.18. The molecule has 2 aliphatic carbocycles. The summed E-state index contributed by atoms with van der Waals surface area (Å²) in [5.74, 6) is 2.43. The van der Waals surface area contributed by atoms with Crippen molar-refractivity contribution in [2.75, 3.05) is 7.11 Å². The number of phosphoric ester groups is 1. The number of benzene rings is 1. The van der Waals surface area contributed by atoms with Gasteiger partial charge in [-0.3, -0.25) is 4.57 Å². The number of phosphoric acid groups is 1. The molecule has 6 heteroatoms. The van der Waals surface area contributed by atoms with E-state index >= 15 is 0 Å². The molecule has 0 aromatic heterocycles. The Bertz CT molecular complexity index is 562. The summed E-state index contributed by atoms with van der Waals surface area (Å²) >= 11 is 0. The molecule has 1 aromatic rings. The Morgan fingerprint density at radius 2 is 1.52 bits per heavy atom. The summed E-state index contributed by atoms with van der Waals surface area (Å²) in [6.07, 6.45) is 4.84. The van der Waals surface area contributed by atoms with Gasteiger partial charge in [-0.15, -0.1) is 0 Å². The fraction of sp³-hybridized carbons (Fsp3) is 0.647. The van der Waals surface area contributed by atoms with Crippen LogP contribution in [0.3, 0.4) is 0 Å². The molecule has 1 unspecified atom stereocenters. The molecule has 0 amide bonds. The van der Waals surface area contributed by atoms with Crippen LogP contribution in [-0.2, 0) is 9.09 Å². The van der Waals surface area contributed by atoms with E-state index in [1.165, 1.54) is 25.7 Å². The van der Waals surface area contributed by atoms with Crippen LogP contribution in [0.1, 0.15) is 62.5 Å². The van der Waals surface area contributed by atoms with Crippen molar-refractivity contribution in [1.29, 1.82) is 0 Å². The summed E-state index contributed by atoms with van der Waals surface area (Å²) in [7, 11) is -3.15. The van der Waals surface area contributed by atoms with Gasteiger partial charge < -0.3 is 13.9 Å². The third-order valence-corrected chi connectivity index (χ3v) is 6.00. The van der Waals surface area contributed by atoms with E-state index in [0.717, 1.165) is 18.2 Å². The number of rotatable bonds is 7. The van der Waals surface area contributed by atoms with E-state index < -0.39 is 7.82 Å². The molecule has 122 valence electrons. The topological polar surface area (TPSA) is 58.6 Å². The van der Waals surface area contributed by atoms with E-state index in [0.29, 0.717) is 29.4 Å². The Balaban J connectivity index is 0.00000192. The van der Waals surface area contributed by atoms with Gasteiger partial charge in [-0.2, -0.15) is 0 Å². The molecule has 0 heterocycles. The Kier molecular flexibility index (Phi) is 6.44. The van der Waals surface area contributed by atoms with Gasteiger partial charge in [0.15, 0.2) is 0 Å². The monoisotopic (exact) mass is 346 g/mol. The van der Waals surface area contributed by atoms with Crippen molar-refractivity contribution in [3.05, 3.63) is 29.3 Å². The fourth-order valence-corrected chi connectivity index (χ4v) is 3.75. The van der Waals surface area contributed by atoms with Crippen molar-refractivity contribution in [2.45, 2.75) is 51.4 Å². The van der Waals surface area contributed by atoms with Gasteiger partial charge in [0.25, 0.3) is 0 Å². The largest absolute Gasteiger partial charge is 1.00 e. The van der Waals surface area contributed by atoms with Crippen molar-refractivity contribution in [1.82, 2.24) is 0 Å². The average molecular weight is 346 g/mol. The Morgan fingerprint density at radius 1 is 1.09 bits per heavy atom. The van der Waals surface area contributed by atoms with Crippen LogP contribution in [-0.4, -0.2) is 7.11 Å². The molecule has 3 atom stereocenters. The Morgan fingerprint density at radius 3 is 1.87 bits per heavy atom. The summed E-state index contributed by atoms with van der Waals surface area (Å²) in [4.78, 5) is 11.9. The maximum Gasteiger partial charge on any atom is 1.00 e. The first-order valence-electron chi connectivity index (χ1n) is 8.12. The summed E-state index contributed by atoms with van der Waals surface area (Å²) in [6, 6.07) is 6.02. The number of para-hydroxylation sites is 1. The molecule has 1 aromatic carbocycles. The van der Waals surface area contributed by atoms with Crippen LogP contribution in [0.25, 0.3) is 0 Å². The van der Waals surface area contributed by atoms with Gasteiger partial charge in [0.05, 0.1) is 0 Å². The van der Waals surface area contributed by atoms with Crippen molar-refractivity contribution >= 4 is 7.82 Å².